The first kappa shape index (κ1) is 17.0. The number of carbonyl (C=O) groups is 2. The van der Waals surface area contributed by atoms with Crippen LogP contribution in [0.15, 0.2) is 24.3 Å². The van der Waals surface area contributed by atoms with Crippen LogP contribution in [0.25, 0.3) is 0 Å². The molecule has 1 rings (SSSR count). The van der Waals surface area contributed by atoms with Gasteiger partial charge in [0.2, 0.25) is 11.8 Å². The molecular formula is C15H23N3O3. The van der Waals surface area contributed by atoms with Crippen molar-refractivity contribution < 1.29 is 14.3 Å². The van der Waals surface area contributed by atoms with E-state index in [4.69, 9.17) is 16.2 Å². The molecule has 0 aromatic heterocycles. The molecule has 0 radical (unpaired) electrons. The van der Waals surface area contributed by atoms with Crippen molar-refractivity contribution >= 4 is 17.5 Å². The molecule has 6 nitrogen and oxygen atoms in total. The monoisotopic (exact) mass is 293 g/mol. The number of ether oxygens (including phenoxy) is 1. The number of hydrogen-bond acceptors (Lipinski definition) is 4. The highest BCUT2D eigenvalue weighted by atomic mass is 16.5. The molecule has 0 heterocycles. The third kappa shape index (κ3) is 5.43. The number of nitrogens with one attached hydrogen (secondary N) is 1. The zero-order valence-corrected chi connectivity index (χ0v) is 12.7. The Hall–Kier alpha value is -2.08. The first-order chi connectivity index (χ1) is 9.71. The third-order valence-corrected chi connectivity index (χ3v) is 2.97. The lowest BCUT2D eigenvalue weighted by molar-refractivity contribution is -0.120. The molecule has 1 aromatic carbocycles. The maximum absolute atomic E-state index is 12.1. The summed E-state index contributed by atoms with van der Waals surface area (Å²) in [5.74, 6) is -0.243. The molecule has 5 N–H and O–H groups in total. The number of amides is 2. The predicted molar refractivity (Wildman–Crippen MR) is 81.8 cm³/mol. The molecular weight excluding hydrogens is 270 g/mol. The standard InChI is InChI=1S/C15H23N3O3/c1-15(2,3)13(17)14(20)18-10-6-4-5-7-11(10)21-9-8-12(16)19/h4-7,13H,8-9,17H2,1-3H3,(H2,16,19)(H,18,20)/t13-/m1/s1. The maximum Gasteiger partial charge on any atom is 0.241 e. The van der Waals surface area contributed by atoms with Crippen molar-refractivity contribution in [1.29, 1.82) is 0 Å². The Bertz CT molecular complexity index is 509. The van der Waals surface area contributed by atoms with E-state index in [0.717, 1.165) is 0 Å². The summed E-state index contributed by atoms with van der Waals surface area (Å²) in [6.07, 6.45) is 0.115. The van der Waals surface area contributed by atoms with Crippen molar-refractivity contribution in [1.82, 2.24) is 0 Å². The Kier molecular flexibility index (Phi) is 5.72. The number of rotatable bonds is 6. The molecule has 0 bridgehead atoms. The summed E-state index contributed by atoms with van der Waals surface area (Å²) in [5.41, 5.74) is 11.2. The van der Waals surface area contributed by atoms with E-state index in [9.17, 15) is 9.59 Å². The second kappa shape index (κ2) is 7.08. The van der Waals surface area contributed by atoms with E-state index in [1.165, 1.54) is 0 Å². The van der Waals surface area contributed by atoms with Crippen molar-refractivity contribution in [3.63, 3.8) is 0 Å². The highest BCUT2D eigenvalue weighted by Gasteiger charge is 2.27. The number of hydrogen-bond donors (Lipinski definition) is 3. The summed E-state index contributed by atoms with van der Waals surface area (Å²) < 4.78 is 5.46. The van der Waals surface area contributed by atoms with Crippen LogP contribution >= 0.6 is 0 Å². The summed E-state index contributed by atoms with van der Waals surface area (Å²) >= 11 is 0. The number of anilines is 1. The maximum atomic E-state index is 12.1. The molecule has 2 amide bonds. The molecule has 21 heavy (non-hydrogen) atoms. The summed E-state index contributed by atoms with van der Waals surface area (Å²) in [6.45, 7) is 5.85. The SMILES string of the molecule is CC(C)(C)[C@H](N)C(=O)Nc1ccccc1OCCC(N)=O. The quantitative estimate of drug-likeness (QED) is 0.733. The first-order valence-electron chi connectivity index (χ1n) is 6.78. The number of primary amides is 1. The fraction of sp³-hybridized carbons (Fsp3) is 0.467. The molecule has 0 aliphatic rings. The van der Waals surface area contributed by atoms with Crippen LogP contribution in [0.5, 0.6) is 5.75 Å². The summed E-state index contributed by atoms with van der Waals surface area (Å²) in [7, 11) is 0. The number of benzene rings is 1. The van der Waals surface area contributed by atoms with Gasteiger partial charge in [-0.15, -0.1) is 0 Å². The van der Waals surface area contributed by atoms with Gasteiger partial charge in [-0.25, -0.2) is 0 Å². The number of nitrogens with two attached hydrogens (primary N) is 2. The second-order valence-corrected chi connectivity index (χ2v) is 5.89. The van der Waals surface area contributed by atoms with Gasteiger partial charge in [0.1, 0.15) is 5.75 Å². The molecule has 0 aliphatic carbocycles. The molecule has 1 aromatic rings. The minimum absolute atomic E-state index is 0.115. The van der Waals surface area contributed by atoms with Gasteiger partial charge in [-0.1, -0.05) is 32.9 Å². The van der Waals surface area contributed by atoms with Crippen LogP contribution in [0, 0.1) is 5.41 Å². The van der Waals surface area contributed by atoms with Crippen LogP contribution in [0.4, 0.5) is 5.69 Å². The van der Waals surface area contributed by atoms with Crippen molar-refractivity contribution in [2.24, 2.45) is 16.9 Å². The second-order valence-electron chi connectivity index (χ2n) is 5.89. The highest BCUT2D eigenvalue weighted by Crippen LogP contribution is 2.25. The minimum atomic E-state index is -0.642. The van der Waals surface area contributed by atoms with E-state index < -0.39 is 11.9 Å². The normalized spacial score (nSPS) is 12.6. The Morgan fingerprint density at radius 2 is 1.90 bits per heavy atom. The fourth-order valence-corrected chi connectivity index (χ4v) is 1.56. The smallest absolute Gasteiger partial charge is 0.241 e. The van der Waals surface area contributed by atoms with Crippen molar-refractivity contribution in [2.75, 3.05) is 11.9 Å². The first-order valence-corrected chi connectivity index (χ1v) is 6.78. The molecule has 1 atom stereocenters. The van der Waals surface area contributed by atoms with E-state index >= 15 is 0 Å². The lowest BCUT2D eigenvalue weighted by atomic mass is 9.87. The molecule has 0 saturated carbocycles. The van der Waals surface area contributed by atoms with E-state index in [1.807, 2.05) is 20.8 Å². The summed E-state index contributed by atoms with van der Waals surface area (Å²) in [5, 5.41) is 2.75. The van der Waals surface area contributed by atoms with Gasteiger partial charge in [0.05, 0.1) is 24.8 Å². The van der Waals surface area contributed by atoms with Crippen LogP contribution < -0.4 is 21.5 Å². The van der Waals surface area contributed by atoms with E-state index in [2.05, 4.69) is 5.32 Å². The zero-order chi connectivity index (χ0) is 16.0. The van der Waals surface area contributed by atoms with Crippen LogP contribution in [0.1, 0.15) is 27.2 Å². The predicted octanol–water partition coefficient (Wildman–Crippen LogP) is 1.25. The van der Waals surface area contributed by atoms with Crippen LogP contribution in [-0.2, 0) is 9.59 Å². The van der Waals surface area contributed by atoms with Crippen LogP contribution in [0.2, 0.25) is 0 Å². The van der Waals surface area contributed by atoms with Crippen LogP contribution in [-0.4, -0.2) is 24.5 Å². The van der Waals surface area contributed by atoms with Gasteiger partial charge >= 0.3 is 0 Å². The third-order valence-electron chi connectivity index (χ3n) is 2.97. The molecule has 6 heteroatoms. The molecule has 0 aliphatic heterocycles. The average molecular weight is 293 g/mol. The lowest BCUT2D eigenvalue weighted by Gasteiger charge is -2.26. The molecule has 0 unspecified atom stereocenters. The van der Waals surface area contributed by atoms with E-state index in [0.29, 0.717) is 11.4 Å². The van der Waals surface area contributed by atoms with Gasteiger partial charge in [0.15, 0.2) is 0 Å². The molecule has 0 spiro atoms. The van der Waals surface area contributed by atoms with Gasteiger partial charge in [0, 0.05) is 0 Å². The largest absolute Gasteiger partial charge is 0.491 e. The molecule has 0 fully saturated rings. The number of para-hydroxylation sites is 2. The number of carbonyl (C=O) groups excluding carboxylic acids is 2. The Balaban J connectivity index is 2.75. The van der Waals surface area contributed by atoms with Gasteiger partial charge < -0.3 is 21.5 Å². The van der Waals surface area contributed by atoms with E-state index in [1.54, 1.807) is 24.3 Å². The van der Waals surface area contributed by atoms with Crippen LogP contribution in [0.3, 0.4) is 0 Å². The summed E-state index contributed by atoms with van der Waals surface area (Å²) in [6, 6.07) is 6.33. The van der Waals surface area contributed by atoms with Gasteiger partial charge in [-0.2, -0.15) is 0 Å². The van der Waals surface area contributed by atoms with Gasteiger partial charge in [0.25, 0.3) is 0 Å². The summed E-state index contributed by atoms with van der Waals surface area (Å²) in [4.78, 5) is 22.8. The average Bonchev–Trinajstić information content (AvgIpc) is 2.38. The van der Waals surface area contributed by atoms with Crippen molar-refractivity contribution in [3.05, 3.63) is 24.3 Å². The van der Waals surface area contributed by atoms with Crippen molar-refractivity contribution in [2.45, 2.75) is 33.2 Å². The van der Waals surface area contributed by atoms with E-state index in [-0.39, 0.29) is 24.3 Å². The van der Waals surface area contributed by atoms with Gasteiger partial charge in [-0.3, -0.25) is 9.59 Å². The topological polar surface area (TPSA) is 107 Å². The Labute approximate surface area is 124 Å². The Morgan fingerprint density at radius 1 is 1.29 bits per heavy atom. The molecule has 116 valence electrons. The Morgan fingerprint density at radius 3 is 2.48 bits per heavy atom. The zero-order valence-electron chi connectivity index (χ0n) is 12.7. The highest BCUT2D eigenvalue weighted by molar-refractivity contribution is 5.96. The van der Waals surface area contributed by atoms with Crippen molar-refractivity contribution in [3.8, 4) is 5.75 Å². The molecule has 0 saturated heterocycles. The minimum Gasteiger partial charge on any atom is -0.491 e. The lowest BCUT2D eigenvalue weighted by Crippen LogP contribution is -2.45. The fourth-order valence-electron chi connectivity index (χ4n) is 1.56. The van der Waals surface area contributed by atoms with Gasteiger partial charge in [-0.05, 0) is 17.5 Å².